The van der Waals surface area contributed by atoms with Gasteiger partial charge in [0.1, 0.15) is 0 Å². The standard InChI is InChI=1S/C19H23N3O2/c1-12(2)20-10-13-6-8-14(9-7-13)22-19(24)15-11-21-16-4-3-5-17(23)18(15)16/h6-9,11-12,20-21H,3-5,10H2,1-2H3,(H,22,24). The molecule has 0 saturated heterocycles. The lowest BCUT2D eigenvalue weighted by Crippen LogP contribution is -2.21. The van der Waals surface area contributed by atoms with Gasteiger partial charge in [0.15, 0.2) is 5.78 Å². The van der Waals surface area contributed by atoms with Crippen LogP contribution in [0.3, 0.4) is 0 Å². The third-order valence-corrected chi connectivity index (χ3v) is 4.24. The monoisotopic (exact) mass is 325 g/mol. The van der Waals surface area contributed by atoms with Crippen LogP contribution in [0, 0.1) is 0 Å². The van der Waals surface area contributed by atoms with Gasteiger partial charge in [0.2, 0.25) is 0 Å². The molecule has 1 aliphatic rings. The van der Waals surface area contributed by atoms with Gasteiger partial charge in [0.25, 0.3) is 5.91 Å². The highest BCUT2D eigenvalue weighted by Gasteiger charge is 2.25. The summed E-state index contributed by atoms with van der Waals surface area (Å²) in [5.41, 5.74) is 3.78. The Hall–Kier alpha value is -2.40. The molecule has 0 fully saturated rings. The number of ketones is 1. The highest BCUT2D eigenvalue weighted by atomic mass is 16.2. The molecular weight excluding hydrogens is 302 g/mol. The van der Waals surface area contributed by atoms with Crippen molar-refractivity contribution in [2.24, 2.45) is 0 Å². The number of anilines is 1. The molecule has 1 aromatic carbocycles. The first kappa shape index (κ1) is 16.5. The molecule has 0 bridgehead atoms. The molecule has 1 amide bonds. The summed E-state index contributed by atoms with van der Waals surface area (Å²) in [5.74, 6) is -0.187. The predicted octanol–water partition coefficient (Wildman–Crippen LogP) is 3.28. The van der Waals surface area contributed by atoms with Crippen molar-refractivity contribution in [1.82, 2.24) is 10.3 Å². The van der Waals surface area contributed by atoms with Crippen LogP contribution in [0.2, 0.25) is 0 Å². The van der Waals surface area contributed by atoms with Gasteiger partial charge in [-0.1, -0.05) is 26.0 Å². The fraction of sp³-hybridized carbons (Fsp3) is 0.368. The zero-order valence-electron chi connectivity index (χ0n) is 14.1. The molecule has 0 spiro atoms. The maximum atomic E-state index is 12.5. The first-order valence-electron chi connectivity index (χ1n) is 8.41. The van der Waals surface area contributed by atoms with Crippen molar-refractivity contribution in [3.05, 3.63) is 52.8 Å². The molecular formula is C19H23N3O2. The van der Waals surface area contributed by atoms with E-state index in [1.807, 2.05) is 24.3 Å². The maximum Gasteiger partial charge on any atom is 0.257 e. The SMILES string of the molecule is CC(C)NCc1ccc(NC(=O)c2c[nH]c3c2C(=O)CCC3)cc1. The Bertz CT molecular complexity index is 744. The lowest BCUT2D eigenvalue weighted by atomic mass is 9.93. The number of carbonyl (C=O) groups is 2. The van der Waals surface area contributed by atoms with E-state index >= 15 is 0 Å². The lowest BCUT2D eigenvalue weighted by molar-refractivity contribution is 0.0956. The molecule has 0 saturated carbocycles. The zero-order chi connectivity index (χ0) is 17.1. The number of aromatic nitrogens is 1. The van der Waals surface area contributed by atoms with E-state index in [-0.39, 0.29) is 11.7 Å². The Balaban J connectivity index is 1.69. The van der Waals surface area contributed by atoms with Crippen molar-refractivity contribution in [2.75, 3.05) is 5.32 Å². The van der Waals surface area contributed by atoms with E-state index in [1.165, 1.54) is 0 Å². The van der Waals surface area contributed by atoms with Crippen LogP contribution in [0.4, 0.5) is 5.69 Å². The summed E-state index contributed by atoms with van der Waals surface area (Å²) in [6, 6.07) is 8.18. The molecule has 0 atom stereocenters. The van der Waals surface area contributed by atoms with Crippen molar-refractivity contribution in [2.45, 2.75) is 45.7 Å². The van der Waals surface area contributed by atoms with Gasteiger partial charge >= 0.3 is 0 Å². The number of rotatable bonds is 5. The number of nitrogens with one attached hydrogen (secondary N) is 3. The van der Waals surface area contributed by atoms with Gasteiger partial charge < -0.3 is 15.6 Å². The summed E-state index contributed by atoms with van der Waals surface area (Å²) in [4.78, 5) is 27.7. The van der Waals surface area contributed by atoms with E-state index in [1.54, 1.807) is 6.20 Å². The molecule has 1 heterocycles. The van der Waals surface area contributed by atoms with E-state index in [0.717, 1.165) is 36.3 Å². The van der Waals surface area contributed by atoms with Gasteiger partial charge in [-0.3, -0.25) is 9.59 Å². The number of fused-ring (bicyclic) bond motifs is 1. The third-order valence-electron chi connectivity index (χ3n) is 4.24. The number of amides is 1. The Morgan fingerprint density at radius 1 is 1.21 bits per heavy atom. The van der Waals surface area contributed by atoms with Gasteiger partial charge in [0, 0.05) is 36.6 Å². The first-order valence-corrected chi connectivity index (χ1v) is 8.41. The van der Waals surface area contributed by atoms with E-state index in [2.05, 4.69) is 29.5 Å². The number of hydrogen-bond donors (Lipinski definition) is 3. The third kappa shape index (κ3) is 3.57. The molecule has 0 aliphatic heterocycles. The minimum Gasteiger partial charge on any atom is -0.364 e. The van der Waals surface area contributed by atoms with Crippen LogP contribution in [-0.4, -0.2) is 22.7 Å². The summed E-state index contributed by atoms with van der Waals surface area (Å²) in [6.45, 7) is 5.01. The highest BCUT2D eigenvalue weighted by Crippen LogP contribution is 2.24. The number of Topliss-reactive ketones (excluding diaryl/α,β-unsaturated/α-hetero) is 1. The van der Waals surface area contributed by atoms with Gasteiger partial charge in [-0.15, -0.1) is 0 Å². The summed E-state index contributed by atoms with van der Waals surface area (Å²) < 4.78 is 0. The Morgan fingerprint density at radius 2 is 1.96 bits per heavy atom. The topological polar surface area (TPSA) is 74.0 Å². The fourth-order valence-electron chi connectivity index (χ4n) is 2.94. The summed E-state index contributed by atoms with van der Waals surface area (Å²) >= 11 is 0. The second kappa shape index (κ2) is 7.01. The number of hydrogen-bond acceptors (Lipinski definition) is 3. The van der Waals surface area contributed by atoms with E-state index in [0.29, 0.717) is 23.6 Å². The van der Waals surface area contributed by atoms with Crippen molar-refractivity contribution >= 4 is 17.4 Å². The molecule has 126 valence electrons. The fourth-order valence-corrected chi connectivity index (χ4v) is 2.94. The van der Waals surface area contributed by atoms with Gasteiger partial charge in [-0.05, 0) is 30.5 Å². The highest BCUT2D eigenvalue weighted by molar-refractivity contribution is 6.13. The van der Waals surface area contributed by atoms with Crippen LogP contribution in [0.15, 0.2) is 30.5 Å². The summed E-state index contributed by atoms with van der Waals surface area (Å²) in [7, 11) is 0. The molecule has 0 unspecified atom stereocenters. The van der Waals surface area contributed by atoms with Gasteiger partial charge in [-0.2, -0.15) is 0 Å². The molecule has 1 aromatic heterocycles. The second-order valence-corrected chi connectivity index (χ2v) is 6.52. The van der Waals surface area contributed by atoms with Crippen LogP contribution in [0.5, 0.6) is 0 Å². The number of benzene rings is 1. The molecule has 0 radical (unpaired) electrons. The minimum absolute atomic E-state index is 0.0535. The Kier molecular flexibility index (Phi) is 4.81. The summed E-state index contributed by atoms with van der Waals surface area (Å²) in [6.07, 6.45) is 3.83. The van der Waals surface area contributed by atoms with Gasteiger partial charge in [0.05, 0.1) is 11.1 Å². The minimum atomic E-state index is -0.240. The smallest absolute Gasteiger partial charge is 0.257 e. The van der Waals surface area contributed by atoms with Crippen LogP contribution in [-0.2, 0) is 13.0 Å². The predicted molar refractivity (Wildman–Crippen MR) is 94.4 cm³/mol. The van der Waals surface area contributed by atoms with E-state index < -0.39 is 0 Å². The van der Waals surface area contributed by atoms with Crippen LogP contribution in [0.1, 0.15) is 58.7 Å². The van der Waals surface area contributed by atoms with Crippen molar-refractivity contribution in [3.63, 3.8) is 0 Å². The van der Waals surface area contributed by atoms with E-state index in [9.17, 15) is 9.59 Å². The molecule has 3 N–H and O–H groups in total. The van der Waals surface area contributed by atoms with Gasteiger partial charge in [-0.25, -0.2) is 0 Å². The zero-order valence-corrected chi connectivity index (χ0v) is 14.1. The van der Waals surface area contributed by atoms with E-state index in [4.69, 9.17) is 0 Å². The maximum absolute atomic E-state index is 12.5. The first-order chi connectivity index (χ1) is 11.5. The Morgan fingerprint density at radius 3 is 2.67 bits per heavy atom. The molecule has 3 rings (SSSR count). The number of aryl methyl sites for hydroxylation is 1. The number of aromatic amines is 1. The van der Waals surface area contributed by atoms with Crippen LogP contribution in [0.25, 0.3) is 0 Å². The second-order valence-electron chi connectivity index (χ2n) is 6.52. The number of H-pyrrole nitrogens is 1. The quantitative estimate of drug-likeness (QED) is 0.790. The number of carbonyl (C=O) groups excluding carboxylic acids is 2. The lowest BCUT2D eigenvalue weighted by Gasteiger charge is -2.12. The molecule has 24 heavy (non-hydrogen) atoms. The Labute approximate surface area is 141 Å². The average Bonchev–Trinajstić information content (AvgIpc) is 3.00. The van der Waals surface area contributed by atoms with Crippen LogP contribution < -0.4 is 10.6 Å². The van der Waals surface area contributed by atoms with Crippen molar-refractivity contribution < 1.29 is 9.59 Å². The van der Waals surface area contributed by atoms with Crippen molar-refractivity contribution in [3.8, 4) is 0 Å². The summed E-state index contributed by atoms with van der Waals surface area (Å²) in [5, 5.41) is 6.23. The average molecular weight is 325 g/mol. The largest absolute Gasteiger partial charge is 0.364 e. The normalized spacial score (nSPS) is 13.9. The molecule has 5 heteroatoms. The molecule has 1 aliphatic carbocycles. The van der Waals surface area contributed by atoms with Crippen molar-refractivity contribution in [1.29, 1.82) is 0 Å². The molecule has 2 aromatic rings. The molecule has 5 nitrogen and oxygen atoms in total. The van der Waals surface area contributed by atoms with Crippen LogP contribution >= 0.6 is 0 Å².